The number of ether oxygens (including phenoxy) is 1. The third-order valence-electron chi connectivity index (χ3n) is 3.47. The van der Waals surface area contributed by atoms with E-state index in [-0.39, 0.29) is 24.0 Å². The number of halogens is 2. The molecule has 0 atom stereocenters. The first-order chi connectivity index (χ1) is 11.0. The van der Waals surface area contributed by atoms with Gasteiger partial charge in [0, 0.05) is 5.69 Å². The van der Waals surface area contributed by atoms with E-state index >= 15 is 0 Å². The topological polar surface area (TPSA) is 59.6 Å². The third-order valence-corrected chi connectivity index (χ3v) is 3.77. The highest BCUT2D eigenvalue weighted by molar-refractivity contribution is 14.0. The zero-order chi connectivity index (χ0) is 16.8. The van der Waals surface area contributed by atoms with Crippen molar-refractivity contribution in [3.63, 3.8) is 0 Å². The highest BCUT2D eigenvalue weighted by Gasteiger charge is 2.03. The Morgan fingerprint density at radius 1 is 1.25 bits per heavy atom. The smallest absolute Gasteiger partial charge is 0.193 e. The summed E-state index contributed by atoms with van der Waals surface area (Å²) < 4.78 is 5.13. The van der Waals surface area contributed by atoms with E-state index in [0.717, 1.165) is 11.3 Å². The second-order valence-electron chi connectivity index (χ2n) is 5.58. The molecule has 0 saturated heterocycles. The van der Waals surface area contributed by atoms with E-state index in [1.807, 2.05) is 30.3 Å². The Bertz CT molecular complexity index is 704. The zero-order valence-corrected chi connectivity index (χ0v) is 17.1. The minimum atomic E-state index is 0. The molecule has 2 aromatic carbocycles. The Hall–Kier alpha value is -1.47. The predicted molar refractivity (Wildman–Crippen MR) is 113 cm³/mol. The number of hydrogen-bond acceptors (Lipinski definition) is 2. The van der Waals surface area contributed by atoms with Crippen LogP contribution in [0.4, 0.5) is 5.69 Å². The molecular weight excluding hydrogens is 437 g/mol. The summed E-state index contributed by atoms with van der Waals surface area (Å²) in [4.78, 5) is 4.34. The van der Waals surface area contributed by atoms with Crippen molar-refractivity contribution >= 4 is 47.2 Å². The average Bonchev–Trinajstić information content (AvgIpc) is 2.53. The van der Waals surface area contributed by atoms with Crippen LogP contribution >= 0.6 is 35.6 Å². The number of anilines is 1. The second kappa shape index (κ2) is 9.74. The van der Waals surface area contributed by atoms with Crippen molar-refractivity contribution in [1.82, 2.24) is 0 Å². The molecule has 0 saturated carbocycles. The Kier molecular flexibility index (Phi) is 8.35. The van der Waals surface area contributed by atoms with Gasteiger partial charge in [-0.05, 0) is 41.3 Å². The number of guanidine groups is 1. The lowest BCUT2D eigenvalue weighted by Crippen LogP contribution is -2.22. The molecular formula is C18H23ClIN3O. The van der Waals surface area contributed by atoms with Crippen LogP contribution in [-0.2, 0) is 6.54 Å². The van der Waals surface area contributed by atoms with Crippen LogP contribution in [0.3, 0.4) is 0 Å². The van der Waals surface area contributed by atoms with Crippen LogP contribution in [0.2, 0.25) is 5.02 Å². The lowest BCUT2D eigenvalue weighted by atomic mass is 10.0. The minimum absolute atomic E-state index is 0. The Morgan fingerprint density at radius 3 is 2.62 bits per heavy atom. The molecule has 0 aliphatic rings. The molecule has 6 heteroatoms. The van der Waals surface area contributed by atoms with Crippen molar-refractivity contribution in [3.05, 3.63) is 58.6 Å². The third kappa shape index (κ3) is 5.87. The van der Waals surface area contributed by atoms with Crippen LogP contribution in [0.15, 0.2) is 47.5 Å². The van der Waals surface area contributed by atoms with Crippen molar-refractivity contribution in [1.29, 1.82) is 0 Å². The molecule has 0 fully saturated rings. The van der Waals surface area contributed by atoms with Gasteiger partial charge in [-0.2, -0.15) is 0 Å². The van der Waals surface area contributed by atoms with Gasteiger partial charge >= 0.3 is 0 Å². The number of benzene rings is 2. The van der Waals surface area contributed by atoms with Crippen molar-refractivity contribution in [2.24, 2.45) is 10.7 Å². The number of hydrogen-bond donors (Lipinski definition) is 2. The molecule has 130 valence electrons. The maximum atomic E-state index is 6.10. The summed E-state index contributed by atoms with van der Waals surface area (Å²) in [7, 11) is 1.59. The monoisotopic (exact) mass is 459 g/mol. The maximum absolute atomic E-state index is 6.10. The molecule has 0 bridgehead atoms. The summed E-state index contributed by atoms with van der Waals surface area (Å²) in [5.74, 6) is 1.49. The lowest BCUT2D eigenvalue weighted by molar-refractivity contribution is 0.415. The van der Waals surface area contributed by atoms with Crippen molar-refractivity contribution < 1.29 is 4.74 Å². The average molecular weight is 460 g/mol. The van der Waals surface area contributed by atoms with Gasteiger partial charge in [-0.25, -0.2) is 4.99 Å². The van der Waals surface area contributed by atoms with Crippen LogP contribution < -0.4 is 15.8 Å². The van der Waals surface area contributed by atoms with Crippen molar-refractivity contribution in [2.75, 3.05) is 12.4 Å². The summed E-state index contributed by atoms with van der Waals surface area (Å²) in [5.41, 5.74) is 9.11. The molecule has 0 radical (unpaired) electrons. The van der Waals surface area contributed by atoms with Gasteiger partial charge in [0.05, 0.1) is 18.7 Å². The van der Waals surface area contributed by atoms with Gasteiger partial charge in [0.2, 0.25) is 0 Å². The van der Waals surface area contributed by atoms with Crippen LogP contribution in [-0.4, -0.2) is 13.1 Å². The SMILES string of the molecule is COc1ccc(CN=C(N)Nc2cccc(C(C)C)c2)cc1Cl.I. The molecule has 2 aromatic rings. The highest BCUT2D eigenvalue weighted by Crippen LogP contribution is 2.25. The van der Waals surface area contributed by atoms with E-state index < -0.39 is 0 Å². The maximum Gasteiger partial charge on any atom is 0.193 e. The van der Waals surface area contributed by atoms with Crippen LogP contribution in [0, 0.1) is 0 Å². The molecule has 0 spiro atoms. The molecule has 0 aliphatic heterocycles. The number of rotatable bonds is 5. The summed E-state index contributed by atoms with van der Waals surface area (Å²) in [5, 5.41) is 3.68. The summed E-state index contributed by atoms with van der Waals surface area (Å²) >= 11 is 6.10. The van der Waals surface area contributed by atoms with Gasteiger partial charge in [-0.1, -0.05) is 43.6 Å². The van der Waals surface area contributed by atoms with Gasteiger partial charge in [0.1, 0.15) is 5.75 Å². The fourth-order valence-electron chi connectivity index (χ4n) is 2.15. The van der Waals surface area contributed by atoms with E-state index in [9.17, 15) is 0 Å². The van der Waals surface area contributed by atoms with Crippen LogP contribution in [0.5, 0.6) is 5.75 Å². The number of methoxy groups -OCH3 is 1. The summed E-state index contributed by atoms with van der Waals surface area (Å²) in [6.07, 6.45) is 0. The quantitative estimate of drug-likeness (QED) is 0.375. The number of nitrogens with two attached hydrogens (primary N) is 1. The Labute approximate surface area is 165 Å². The van der Waals surface area contributed by atoms with E-state index in [1.54, 1.807) is 7.11 Å². The predicted octanol–water partition coefficient (Wildman–Crippen LogP) is 5.02. The first kappa shape index (κ1) is 20.6. The van der Waals surface area contributed by atoms with Gasteiger partial charge in [-0.15, -0.1) is 24.0 Å². The van der Waals surface area contributed by atoms with Gasteiger partial charge in [0.25, 0.3) is 0 Å². The molecule has 0 aromatic heterocycles. The lowest BCUT2D eigenvalue weighted by Gasteiger charge is -2.10. The fraction of sp³-hybridized carbons (Fsp3) is 0.278. The number of nitrogens with zero attached hydrogens (tertiary/aromatic N) is 1. The first-order valence-electron chi connectivity index (χ1n) is 7.49. The van der Waals surface area contributed by atoms with E-state index in [2.05, 4.69) is 36.3 Å². The second-order valence-corrected chi connectivity index (χ2v) is 5.98. The summed E-state index contributed by atoms with van der Waals surface area (Å²) in [6, 6.07) is 13.7. The molecule has 4 nitrogen and oxygen atoms in total. The van der Waals surface area contributed by atoms with Crippen LogP contribution in [0.1, 0.15) is 30.9 Å². The molecule has 2 rings (SSSR count). The number of nitrogens with one attached hydrogen (secondary N) is 1. The first-order valence-corrected chi connectivity index (χ1v) is 7.86. The van der Waals surface area contributed by atoms with E-state index in [0.29, 0.717) is 29.2 Å². The molecule has 0 amide bonds. The van der Waals surface area contributed by atoms with Crippen molar-refractivity contribution in [3.8, 4) is 5.75 Å². The fourth-order valence-corrected chi connectivity index (χ4v) is 2.43. The molecule has 24 heavy (non-hydrogen) atoms. The van der Waals surface area contributed by atoms with Gasteiger partial charge < -0.3 is 15.8 Å². The normalized spacial score (nSPS) is 11.1. The Balaban J connectivity index is 0.00000288. The summed E-state index contributed by atoms with van der Waals surface area (Å²) in [6.45, 7) is 4.76. The highest BCUT2D eigenvalue weighted by atomic mass is 127. The van der Waals surface area contributed by atoms with Crippen molar-refractivity contribution in [2.45, 2.75) is 26.3 Å². The molecule has 3 N–H and O–H groups in total. The standard InChI is InChI=1S/C18H22ClN3O.HI/c1-12(2)14-5-4-6-15(10-14)22-18(20)21-11-13-7-8-17(23-3)16(19)9-13;/h4-10,12H,11H2,1-3H3,(H3,20,21,22);1H. The van der Waals surface area contributed by atoms with E-state index in [4.69, 9.17) is 22.1 Å². The van der Waals surface area contributed by atoms with E-state index in [1.165, 1.54) is 5.56 Å². The zero-order valence-electron chi connectivity index (χ0n) is 14.0. The van der Waals surface area contributed by atoms with Gasteiger partial charge in [0.15, 0.2) is 5.96 Å². The largest absolute Gasteiger partial charge is 0.495 e. The minimum Gasteiger partial charge on any atom is -0.495 e. The molecule has 0 unspecified atom stereocenters. The Morgan fingerprint density at radius 2 is 2.00 bits per heavy atom. The van der Waals surface area contributed by atoms with Gasteiger partial charge in [-0.3, -0.25) is 0 Å². The molecule has 0 aliphatic carbocycles. The number of aliphatic imine (C=N–C) groups is 1. The molecule has 0 heterocycles. The van der Waals surface area contributed by atoms with Crippen LogP contribution in [0.25, 0.3) is 0 Å².